The van der Waals surface area contributed by atoms with Gasteiger partial charge in [-0.15, -0.1) is 0 Å². The Morgan fingerprint density at radius 2 is 2.08 bits per heavy atom. The summed E-state index contributed by atoms with van der Waals surface area (Å²) in [6.07, 6.45) is 5.22. The minimum Gasteiger partial charge on any atom is -0.472 e. The largest absolute Gasteiger partial charge is 0.472 e. The van der Waals surface area contributed by atoms with E-state index in [1.54, 1.807) is 12.5 Å². The topological polar surface area (TPSA) is 26.0 Å². The molecule has 0 aliphatic rings. The van der Waals surface area contributed by atoms with Crippen LogP contribution in [0.1, 0.15) is 5.69 Å². The first-order valence-electron chi connectivity index (χ1n) is 3.81. The Kier molecular flexibility index (Phi) is 1.67. The zero-order chi connectivity index (χ0) is 8.39. The lowest BCUT2D eigenvalue weighted by Crippen LogP contribution is -1.80. The van der Waals surface area contributed by atoms with Crippen molar-refractivity contribution in [3.63, 3.8) is 0 Å². The highest BCUT2D eigenvalue weighted by Gasteiger charge is 1.97. The van der Waals surface area contributed by atoms with E-state index < -0.39 is 0 Å². The van der Waals surface area contributed by atoms with Gasteiger partial charge >= 0.3 is 0 Å². The van der Waals surface area contributed by atoms with Gasteiger partial charge in [-0.3, -0.25) is 4.98 Å². The van der Waals surface area contributed by atoms with E-state index in [1.165, 1.54) is 0 Å². The lowest BCUT2D eigenvalue weighted by molar-refractivity contribution is 0.568. The van der Waals surface area contributed by atoms with E-state index in [0.717, 1.165) is 16.8 Å². The summed E-state index contributed by atoms with van der Waals surface area (Å²) >= 11 is 0. The van der Waals surface area contributed by atoms with Crippen molar-refractivity contribution in [3.8, 4) is 11.1 Å². The van der Waals surface area contributed by atoms with Crippen LogP contribution in [0, 0.1) is 6.92 Å². The summed E-state index contributed by atoms with van der Waals surface area (Å²) in [5.74, 6) is 0. The van der Waals surface area contributed by atoms with Crippen LogP contribution in [0.2, 0.25) is 0 Å². The van der Waals surface area contributed by atoms with Crippen molar-refractivity contribution in [2.75, 3.05) is 0 Å². The van der Waals surface area contributed by atoms with E-state index >= 15 is 0 Å². The molecule has 2 heterocycles. The summed E-state index contributed by atoms with van der Waals surface area (Å²) in [4.78, 5) is 4.19. The van der Waals surface area contributed by atoms with Gasteiger partial charge in [0.1, 0.15) is 0 Å². The van der Waals surface area contributed by atoms with Gasteiger partial charge in [0.15, 0.2) is 0 Å². The van der Waals surface area contributed by atoms with Gasteiger partial charge in [-0.25, -0.2) is 0 Å². The molecule has 0 radical (unpaired) electrons. The average molecular weight is 159 g/mol. The van der Waals surface area contributed by atoms with E-state index in [9.17, 15) is 0 Å². The van der Waals surface area contributed by atoms with Gasteiger partial charge in [-0.05, 0) is 19.1 Å². The Morgan fingerprint density at radius 3 is 2.67 bits per heavy atom. The number of aryl methyl sites for hydroxylation is 1. The van der Waals surface area contributed by atoms with Gasteiger partial charge in [0, 0.05) is 23.0 Å². The smallest absolute Gasteiger partial charge is 0.0981 e. The molecule has 2 nitrogen and oxygen atoms in total. The van der Waals surface area contributed by atoms with Crippen LogP contribution in [0.5, 0.6) is 0 Å². The van der Waals surface area contributed by atoms with Crippen LogP contribution in [0.4, 0.5) is 0 Å². The van der Waals surface area contributed by atoms with Crippen LogP contribution in [0.3, 0.4) is 0 Å². The Labute approximate surface area is 70.9 Å². The molecular formula is C10H9NO. The summed E-state index contributed by atoms with van der Waals surface area (Å²) in [5, 5.41) is 0. The molecule has 0 aliphatic heterocycles. The summed E-state index contributed by atoms with van der Waals surface area (Å²) in [6.45, 7) is 1.97. The Balaban J connectivity index is 2.43. The normalized spacial score (nSPS) is 10.1. The maximum absolute atomic E-state index is 4.97. The highest BCUT2D eigenvalue weighted by Crippen LogP contribution is 2.18. The maximum Gasteiger partial charge on any atom is 0.0981 e. The standard InChI is InChI=1S/C10H9NO/c1-8-2-3-9(6-11-8)10-4-5-12-7-10/h2-7H,1H3. The number of hydrogen-bond donors (Lipinski definition) is 0. The minimum atomic E-state index is 1.03. The second kappa shape index (κ2) is 2.81. The van der Waals surface area contributed by atoms with E-state index in [1.807, 2.05) is 31.3 Å². The van der Waals surface area contributed by atoms with Gasteiger partial charge in [0.25, 0.3) is 0 Å². The van der Waals surface area contributed by atoms with Gasteiger partial charge < -0.3 is 4.42 Å². The lowest BCUT2D eigenvalue weighted by Gasteiger charge is -1.95. The van der Waals surface area contributed by atoms with Crippen LogP contribution in [-0.2, 0) is 0 Å². The van der Waals surface area contributed by atoms with Crippen molar-refractivity contribution in [1.82, 2.24) is 4.98 Å². The minimum absolute atomic E-state index is 1.03. The number of pyridine rings is 1. The van der Waals surface area contributed by atoms with Crippen molar-refractivity contribution >= 4 is 0 Å². The van der Waals surface area contributed by atoms with Crippen LogP contribution < -0.4 is 0 Å². The number of nitrogens with zero attached hydrogens (tertiary/aromatic N) is 1. The quantitative estimate of drug-likeness (QED) is 0.639. The SMILES string of the molecule is Cc1ccc(-c2ccoc2)cn1. The van der Waals surface area contributed by atoms with E-state index in [-0.39, 0.29) is 0 Å². The van der Waals surface area contributed by atoms with Crippen LogP contribution in [0.15, 0.2) is 41.3 Å². The molecule has 0 fully saturated rings. The molecule has 0 aromatic carbocycles. The molecule has 0 unspecified atom stereocenters. The zero-order valence-electron chi connectivity index (χ0n) is 6.82. The number of furan rings is 1. The molecular weight excluding hydrogens is 150 g/mol. The summed E-state index contributed by atoms with van der Waals surface area (Å²) in [7, 11) is 0. The monoisotopic (exact) mass is 159 g/mol. The van der Waals surface area contributed by atoms with E-state index in [4.69, 9.17) is 4.42 Å². The Bertz CT molecular complexity index is 348. The molecule has 0 bridgehead atoms. The predicted octanol–water partition coefficient (Wildman–Crippen LogP) is 2.65. The third kappa shape index (κ3) is 1.23. The fraction of sp³-hybridized carbons (Fsp3) is 0.100. The fourth-order valence-electron chi connectivity index (χ4n) is 1.07. The van der Waals surface area contributed by atoms with Gasteiger partial charge in [-0.1, -0.05) is 6.07 Å². The Hall–Kier alpha value is -1.57. The summed E-state index contributed by atoms with van der Waals surface area (Å²) in [5.41, 5.74) is 3.19. The first kappa shape index (κ1) is 7.10. The van der Waals surface area contributed by atoms with Crippen molar-refractivity contribution in [1.29, 1.82) is 0 Å². The molecule has 0 amide bonds. The maximum atomic E-state index is 4.97. The molecule has 2 heteroatoms. The predicted molar refractivity (Wildman–Crippen MR) is 46.7 cm³/mol. The van der Waals surface area contributed by atoms with Gasteiger partial charge in [-0.2, -0.15) is 0 Å². The lowest BCUT2D eigenvalue weighted by atomic mass is 10.1. The molecule has 0 spiro atoms. The zero-order valence-corrected chi connectivity index (χ0v) is 6.82. The third-order valence-electron chi connectivity index (χ3n) is 1.77. The van der Waals surface area contributed by atoms with Crippen LogP contribution in [0.25, 0.3) is 11.1 Å². The second-order valence-electron chi connectivity index (χ2n) is 2.70. The van der Waals surface area contributed by atoms with Crippen molar-refractivity contribution in [2.45, 2.75) is 6.92 Å². The first-order chi connectivity index (χ1) is 5.86. The number of aromatic nitrogens is 1. The molecule has 0 N–H and O–H groups in total. The van der Waals surface area contributed by atoms with Crippen molar-refractivity contribution in [2.24, 2.45) is 0 Å². The molecule has 2 aromatic heterocycles. The molecule has 0 atom stereocenters. The molecule has 2 rings (SSSR count). The van der Waals surface area contributed by atoms with Crippen molar-refractivity contribution < 1.29 is 4.42 Å². The molecule has 2 aromatic rings. The molecule has 60 valence electrons. The fourth-order valence-corrected chi connectivity index (χ4v) is 1.07. The molecule has 12 heavy (non-hydrogen) atoms. The first-order valence-corrected chi connectivity index (χ1v) is 3.81. The second-order valence-corrected chi connectivity index (χ2v) is 2.70. The average Bonchev–Trinajstić information content (AvgIpc) is 2.58. The van der Waals surface area contributed by atoms with Crippen molar-refractivity contribution in [3.05, 3.63) is 42.6 Å². The Morgan fingerprint density at radius 1 is 1.17 bits per heavy atom. The molecule has 0 aliphatic carbocycles. The van der Waals surface area contributed by atoms with Crippen LogP contribution >= 0.6 is 0 Å². The van der Waals surface area contributed by atoms with Gasteiger partial charge in [0.05, 0.1) is 12.5 Å². The summed E-state index contributed by atoms with van der Waals surface area (Å²) in [6, 6.07) is 5.95. The van der Waals surface area contributed by atoms with Gasteiger partial charge in [0.2, 0.25) is 0 Å². The molecule has 0 saturated heterocycles. The third-order valence-corrected chi connectivity index (χ3v) is 1.77. The van der Waals surface area contributed by atoms with E-state index in [0.29, 0.717) is 0 Å². The number of hydrogen-bond acceptors (Lipinski definition) is 2. The van der Waals surface area contributed by atoms with E-state index in [2.05, 4.69) is 4.98 Å². The highest BCUT2D eigenvalue weighted by atomic mass is 16.3. The number of rotatable bonds is 1. The highest BCUT2D eigenvalue weighted by molar-refractivity contribution is 5.60. The summed E-state index contributed by atoms with van der Waals surface area (Å²) < 4.78 is 4.97. The molecule has 0 saturated carbocycles. The van der Waals surface area contributed by atoms with Crippen LogP contribution in [-0.4, -0.2) is 4.98 Å².